The number of carbonyl (C=O) groups is 1. The number of aromatic nitrogens is 2. The van der Waals surface area contributed by atoms with Crippen molar-refractivity contribution in [1.29, 1.82) is 0 Å². The summed E-state index contributed by atoms with van der Waals surface area (Å²) in [6, 6.07) is 4.68. The molecule has 0 spiro atoms. The molecule has 0 radical (unpaired) electrons. The maximum Gasteiger partial charge on any atom is 0.416 e. The number of hydrogen-bond acceptors (Lipinski definition) is 5. The number of nitrogens with one attached hydrogen (secondary N) is 2. The predicted molar refractivity (Wildman–Crippen MR) is 122 cm³/mol. The monoisotopic (exact) mass is 461 g/mol. The molecular formula is C24H30F3N5O. The lowest BCUT2D eigenvalue weighted by Crippen LogP contribution is -2.40. The lowest BCUT2D eigenvalue weighted by atomic mass is 9.91. The molecule has 0 aliphatic heterocycles. The molecule has 2 aromatic rings. The van der Waals surface area contributed by atoms with E-state index in [2.05, 4.69) is 10.6 Å². The summed E-state index contributed by atoms with van der Waals surface area (Å²) in [7, 11) is 4.00. The van der Waals surface area contributed by atoms with Gasteiger partial charge in [-0.2, -0.15) is 18.2 Å². The minimum Gasteiger partial charge on any atom is -0.362 e. The highest BCUT2D eigenvalue weighted by molar-refractivity contribution is 5.94. The fraction of sp³-hybridized carbons (Fsp3) is 0.542. The van der Waals surface area contributed by atoms with E-state index in [0.717, 1.165) is 68.6 Å². The van der Waals surface area contributed by atoms with Crippen molar-refractivity contribution in [2.75, 3.05) is 24.3 Å². The van der Waals surface area contributed by atoms with Crippen molar-refractivity contribution in [1.82, 2.24) is 15.3 Å². The Morgan fingerprint density at radius 1 is 1.03 bits per heavy atom. The van der Waals surface area contributed by atoms with Crippen LogP contribution in [0.3, 0.4) is 0 Å². The van der Waals surface area contributed by atoms with Crippen molar-refractivity contribution < 1.29 is 18.0 Å². The zero-order valence-corrected chi connectivity index (χ0v) is 19.0. The maximum atomic E-state index is 12.9. The molecule has 2 N–H and O–H groups in total. The van der Waals surface area contributed by atoms with Crippen molar-refractivity contribution in [3.63, 3.8) is 0 Å². The van der Waals surface area contributed by atoms with Crippen molar-refractivity contribution in [2.24, 2.45) is 0 Å². The van der Waals surface area contributed by atoms with Gasteiger partial charge in [0.05, 0.1) is 11.3 Å². The van der Waals surface area contributed by atoms with Gasteiger partial charge in [0.25, 0.3) is 5.91 Å². The number of amides is 1. The van der Waals surface area contributed by atoms with Gasteiger partial charge >= 0.3 is 6.18 Å². The lowest BCUT2D eigenvalue weighted by Gasteiger charge is -2.30. The molecule has 9 heteroatoms. The van der Waals surface area contributed by atoms with Gasteiger partial charge in [0.1, 0.15) is 5.82 Å². The van der Waals surface area contributed by atoms with E-state index in [4.69, 9.17) is 9.97 Å². The number of alkyl halides is 3. The molecule has 1 amide bonds. The lowest BCUT2D eigenvalue weighted by molar-refractivity contribution is -0.137. The first-order chi connectivity index (χ1) is 15.7. The number of aryl methyl sites for hydroxylation is 1. The average Bonchev–Trinajstić information content (AvgIpc) is 2.79. The van der Waals surface area contributed by atoms with E-state index in [1.165, 1.54) is 24.1 Å². The van der Waals surface area contributed by atoms with Gasteiger partial charge in [-0.3, -0.25) is 4.79 Å². The van der Waals surface area contributed by atoms with Gasteiger partial charge in [0, 0.05) is 37.3 Å². The van der Waals surface area contributed by atoms with Crippen LogP contribution in [0.2, 0.25) is 0 Å². The van der Waals surface area contributed by atoms with E-state index in [1.807, 2.05) is 19.0 Å². The first kappa shape index (κ1) is 23.3. The topological polar surface area (TPSA) is 70.2 Å². The summed E-state index contributed by atoms with van der Waals surface area (Å²) >= 11 is 0. The van der Waals surface area contributed by atoms with Gasteiger partial charge in [-0.1, -0.05) is 6.07 Å². The first-order valence-electron chi connectivity index (χ1n) is 11.5. The summed E-state index contributed by atoms with van der Waals surface area (Å²) in [5.41, 5.74) is 1.59. The van der Waals surface area contributed by atoms with Crippen LogP contribution in [0.1, 0.15) is 65.7 Å². The fourth-order valence-electron chi connectivity index (χ4n) is 4.68. The highest BCUT2D eigenvalue weighted by Crippen LogP contribution is 2.31. The Kier molecular flexibility index (Phi) is 6.76. The van der Waals surface area contributed by atoms with Crippen LogP contribution in [0.15, 0.2) is 24.3 Å². The standard InChI is InChI=1S/C24H30F3N5O/c1-32(2)21-19-8-3-4-9-20(19)30-23(31-21)29-18-12-10-17(11-13-18)28-22(33)15-6-5-7-16(14-15)24(25,26)27/h5-7,14,17-18H,3-4,8-13H2,1-2H3,(H,28,33)(H,29,30,31). The zero-order valence-electron chi connectivity index (χ0n) is 19.0. The third-order valence-corrected chi connectivity index (χ3v) is 6.43. The maximum absolute atomic E-state index is 12.9. The second-order valence-electron chi connectivity index (χ2n) is 9.14. The Labute approximate surface area is 192 Å². The number of hydrogen-bond donors (Lipinski definition) is 2. The van der Waals surface area contributed by atoms with E-state index >= 15 is 0 Å². The molecule has 0 bridgehead atoms. The van der Waals surface area contributed by atoms with E-state index < -0.39 is 17.6 Å². The first-order valence-corrected chi connectivity index (χ1v) is 11.5. The van der Waals surface area contributed by atoms with E-state index in [-0.39, 0.29) is 17.6 Å². The Morgan fingerprint density at radius 2 is 1.73 bits per heavy atom. The van der Waals surface area contributed by atoms with Gasteiger partial charge in [0.15, 0.2) is 0 Å². The van der Waals surface area contributed by atoms with Crippen LogP contribution < -0.4 is 15.5 Å². The van der Waals surface area contributed by atoms with Gasteiger partial charge in [-0.15, -0.1) is 0 Å². The van der Waals surface area contributed by atoms with E-state index in [9.17, 15) is 18.0 Å². The number of nitrogens with zero attached hydrogens (tertiary/aromatic N) is 3. The molecule has 0 unspecified atom stereocenters. The highest BCUT2D eigenvalue weighted by atomic mass is 19.4. The third kappa shape index (κ3) is 5.57. The summed E-state index contributed by atoms with van der Waals surface area (Å²) in [5, 5.41) is 6.36. The van der Waals surface area contributed by atoms with Crippen LogP contribution in [0.25, 0.3) is 0 Å². The van der Waals surface area contributed by atoms with Gasteiger partial charge < -0.3 is 15.5 Å². The Bertz CT molecular complexity index is 1000. The normalized spacial score (nSPS) is 20.6. The molecule has 1 heterocycles. The molecule has 1 aromatic carbocycles. The highest BCUT2D eigenvalue weighted by Gasteiger charge is 2.31. The third-order valence-electron chi connectivity index (χ3n) is 6.43. The SMILES string of the molecule is CN(C)c1nc(NC2CCC(NC(=O)c3cccc(C(F)(F)F)c3)CC2)nc2c1CCCC2. The van der Waals surface area contributed by atoms with Gasteiger partial charge in [-0.05, 0) is 69.6 Å². The smallest absolute Gasteiger partial charge is 0.362 e. The van der Waals surface area contributed by atoms with Crippen LogP contribution in [-0.4, -0.2) is 42.1 Å². The number of carbonyl (C=O) groups excluding carboxylic acids is 1. The fourth-order valence-corrected chi connectivity index (χ4v) is 4.68. The minimum absolute atomic E-state index is 0.0312. The Hall–Kier alpha value is -2.84. The van der Waals surface area contributed by atoms with Crippen LogP contribution >= 0.6 is 0 Å². The van der Waals surface area contributed by atoms with E-state index in [0.29, 0.717) is 5.95 Å². The van der Waals surface area contributed by atoms with Crippen LogP contribution in [0.4, 0.5) is 24.9 Å². The Morgan fingerprint density at radius 3 is 2.42 bits per heavy atom. The second kappa shape index (κ2) is 9.57. The average molecular weight is 462 g/mol. The van der Waals surface area contributed by atoms with Crippen molar-refractivity contribution in [2.45, 2.75) is 69.6 Å². The minimum atomic E-state index is -4.47. The molecule has 0 atom stereocenters. The molecule has 1 aromatic heterocycles. The number of halogens is 3. The summed E-state index contributed by atoms with van der Waals surface area (Å²) in [5.74, 6) is 1.16. The van der Waals surface area contributed by atoms with Crippen molar-refractivity contribution >= 4 is 17.7 Å². The molecule has 2 aliphatic rings. The molecule has 1 fully saturated rings. The molecule has 0 saturated heterocycles. The molecular weight excluding hydrogens is 431 g/mol. The van der Waals surface area contributed by atoms with E-state index in [1.54, 1.807) is 0 Å². The molecule has 4 rings (SSSR count). The van der Waals surface area contributed by atoms with Crippen LogP contribution in [0, 0.1) is 0 Å². The summed E-state index contributed by atoms with van der Waals surface area (Å²) in [6.45, 7) is 0. The quantitative estimate of drug-likeness (QED) is 0.682. The zero-order chi connectivity index (χ0) is 23.6. The Balaban J connectivity index is 1.34. The number of anilines is 2. The summed E-state index contributed by atoms with van der Waals surface area (Å²) < 4.78 is 38.8. The summed E-state index contributed by atoms with van der Waals surface area (Å²) in [4.78, 5) is 24.1. The second-order valence-corrected chi connectivity index (χ2v) is 9.14. The van der Waals surface area contributed by atoms with Crippen molar-refractivity contribution in [3.05, 3.63) is 46.6 Å². The molecule has 2 aliphatic carbocycles. The number of benzene rings is 1. The largest absolute Gasteiger partial charge is 0.416 e. The molecule has 1 saturated carbocycles. The number of fused-ring (bicyclic) bond motifs is 1. The molecule has 33 heavy (non-hydrogen) atoms. The van der Waals surface area contributed by atoms with Gasteiger partial charge in [0.2, 0.25) is 5.95 Å². The van der Waals surface area contributed by atoms with Gasteiger partial charge in [-0.25, -0.2) is 4.98 Å². The van der Waals surface area contributed by atoms with Crippen LogP contribution in [0.5, 0.6) is 0 Å². The predicted octanol–water partition coefficient (Wildman–Crippen LogP) is 4.59. The number of rotatable bonds is 5. The van der Waals surface area contributed by atoms with Crippen molar-refractivity contribution in [3.8, 4) is 0 Å². The summed E-state index contributed by atoms with van der Waals surface area (Å²) in [6.07, 6.45) is 2.97. The van der Waals surface area contributed by atoms with Crippen LogP contribution in [-0.2, 0) is 19.0 Å². The molecule has 6 nitrogen and oxygen atoms in total. The molecule has 178 valence electrons.